The van der Waals surface area contributed by atoms with E-state index in [2.05, 4.69) is 30.9 Å². The topological polar surface area (TPSA) is 41.6 Å². The van der Waals surface area contributed by atoms with Crippen LogP contribution in [0.3, 0.4) is 0 Å². The molecule has 0 saturated carbocycles. The Bertz CT molecular complexity index is 734. The van der Waals surface area contributed by atoms with Crippen LogP contribution in [0, 0.1) is 6.92 Å². The number of aryl methyl sites for hydroxylation is 1. The van der Waals surface area contributed by atoms with Gasteiger partial charge >= 0.3 is 0 Å². The van der Waals surface area contributed by atoms with Crippen LogP contribution in [0.1, 0.15) is 5.69 Å². The predicted molar refractivity (Wildman–Crippen MR) is 84.7 cm³/mol. The molecule has 3 aromatic rings. The summed E-state index contributed by atoms with van der Waals surface area (Å²) in [4.78, 5) is 11.9. The van der Waals surface area contributed by atoms with Gasteiger partial charge < -0.3 is 4.98 Å². The average Bonchev–Trinajstić information content (AvgIpc) is 2.79. The quantitative estimate of drug-likeness (QED) is 0.672. The lowest BCUT2D eigenvalue weighted by Gasteiger charge is -2.08. The summed E-state index contributed by atoms with van der Waals surface area (Å²) in [7, 11) is 0. The third kappa shape index (κ3) is 2.37. The standard InChI is InChI=1S/C15H11BrClN3/c1-9-13(16)20-15(19-9)12-11(7-8-18-14(12)17)10-5-3-2-4-6-10/h2-8H,1H3,(H,19,20). The highest BCUT2D eigenvalue weighted by Gasteiger charge is 2.16. The van der Waals surface area contributed by atoms with Crippen molar-refractivity contribution in [3.63, 3.8) is 0 Å². The second-order valence-electron chi connectivity index (χ2n) is 4.39. The van der Waals surface area contributed by atoms with Crippen LogP contribution in [-0.4, -0.2) is 15.0 Å². The first-order valence-corrected chi connectivity index (χ1v) is 7.26. The Hall–Kier alpha value is -1.65. The van der Waals surface area contributed by atoms with E-state index in [-0.39, 0.29) is 0 Å². The van der Waals surface area contributed by atoms with Gasteiger partial charge in [0.05, 0.1) is 5.56 Å². The first-order valence-electron chi connectivity index (χ1n) is 6.09. The number of aromatic nitrogens is 3. The number of nitrogens with zero attached hydrogens (tertiary/aromatic N) is 2. The lowest BCUT2D eigenvalue weighted by Crippen LogP contribution is -1.91. The minimum Gasteiger partial charge on any atom is -0.341 e. The molecule has 0 aliphatic rings. The highest BCUT2D eigenvalue weighted by Crippen LogP contribution is 2.35. The summed E-state index contributed by atoms with van der Waals surface area (Å²) in [6.45, 7) is 1.95. The molecule has 0 unspecified atom stereocenters. The third-order valence-electron chi connectivity index (χ3n) is 3.05. The summed E-state index contributed by atoms with van der Waals surface area (Å²) in [6.07, 6.45) is 1.71. The Morgan fingerprint density at radius 1 is 1.15 bits per heavy atom. The van der Waals surface area contributed by atoms with Crippen molar-refractivity contribution in [1.82, 2.24) is 15.0 Å². The molecule has 3 nitrogen and oxygen atoms in total. The van der Waals surface area contributed by atoms with Gasteiger partial charge in [-0.3, -0.25) is 0 Å². The molecule has 0 atom stereocenters. The normalized spacial score (nSPS) is 10.8. The number of rotatable bonds is 2. The first-order chi connectivity index (χ1) is 9.66. The average molecular weight is 349 g/mol. The zero-order valence-corrected chi connectivity index (χ0v) is 13.0. The largest absolute Gasteiger partial charge is 0.341 e. The maximum absolute atomic E-state index is 6.29. The maximum Gasteiger partial charge on any atom is 0.142 e. The molecule has 3 rings (SSSR count). The zero-order chi connectivity index (χ0) is 14.1. The molecule has 0 aliphatic heterocycles. The van der Waals surface area contributed by atoms with Crippen LogP contribution in [0.4, 0.5) is 0 Å². The molecule has 0 saturated heterocycles. The van der Waals surface area contributed by atoms with Gasteiger partial charge in [0.25, 0.3) is 0 Å². The van der Waals surface area contributed by atoms with E-state index in [4.69, 9.17) is 11.6 Å². The molecule has 0 bridgehead atoms. The number of halogens is 2. The molecule has 1 aromatic carbocycles. The number of H-pyrrole nitrogens is 1. The van der Waals surface area contributed by atoms with E-state index in [0.717, 1.165) is 27.0 Å². The fourth-order valence-corrected chi connectivity index (χ4v) is 2.60. The second kappa shape index (κ2) is 5.38. The molecule has 100 valence electrons. The lowest BCUT2D eigenvalue weighted by atomic mass is 10.0. The maximum atomic E-state index is 6.29. The van der Waals surface area contributed by atoms with Gasteiger partial charge in [-0.05, 0) is 40.0 Å². The van der Waals surface area contributed by atoms with Gasteiger partial charge in [-0.25, -0.2) is 9.97 Å². The van der Waals surface area contributed by atoms with Gasteiger partial charge in [0.1, 0.15) is 15.6 Å². The predicted octanol–water partition coefficient (Wildman–Crippen LogP) is 4.86. The van der Waals surface area contributed by atoms with E-state index in [1.54, 1.807) is 6.20 Å². The highest BCUT2D eigenvalue weighted by atomic mass is 79.9. The van der Waals surface area contributed by atoms with E-state index < -0.39 is 0 Å². The van der Waals surface area contributed by atoms with Gasteiger partial charge in [0.2, 0.25) is 0 Å². The van der Waals surface area contributed by atoms with Gasteiger partial charge in [-0.1, -0.05) is 41.9 Å². The number of nitrogens with one attached hydrogen (secondary N) is 1. The van der Waals surface area contributed by atoms with Crippen LogP contribution in [0.2, 0.25) is 5.15 Å². The molecule has 0 radical (unpaired) electrons. The van der Waals surface area contributed by atoms with Crippen molar-refractivity contribution >= 4 is 27.5 Å². The molecule has 0 amide bonds. The van der Waals surface area contributed by atoms with E-state index >= 15 is 0 Å². The van der Waals surface area contributed by atoms with Crippen molar-refractivity contribution in [2.75, 3.05) is 0 Å². The summed E-state index contributed by atoms with van der Waals surface area (Å²) >= 11 is 9.70. The van der Waals surface area contributed by atoms with Crippen molar-refractivity contribution in [3.8, 4) is 22.5 Å². The van der Waals surface area contributed by atoms with Crippen LogP contribution < -0.4 is 0 Å². The summed E-state index contributed by atoms with van der Waals surface area (Å²) in [5.41, 5.74) is 3.86. The molecule has 20 heavy (non-hydrogen) atoms. The Balaban J connectivity index is 2.25. The van der Waals surface area contributed by atoms with Crippen molar-refractivity contribution in [3.05, 3.63) is 58.0 Å². The van der Waals surface area contributed by atoms with Crippen LogP contribution in [0.5, 0.6) is 0 Å². The Labute approximate surface area is 130 Å². The number of pyridine rings is 1. The van der Waals surface area contributed by atoms with Crippen molar-refractivity contribution in [2.45, 2.75) is 6.92 Å². The number of hydrogen-bond acceptors (Lipinski definition) is 2. The zero-order valence-electron chi connectivity index (χ0n) is 10.7. The van der Waals surface area contributed by atoms with Gasteiger partial charge in [0.15, 0.2) is 0 Å². The smallest absolute Gasteiger partial charge is 0.142 e. The number of aromatic amines is 1. The van der Waals surface area contributed by atoms with Gasteiger partial charge in [0, 0.05) is 11.9 Å². The monoisotopic (exact) mass is 347 g/mol. The first kappa shape index (κ1) is 13.3. The molecule has 1 N–H and O–H groups in total. The fourth-order valence-electron chi connectivity index (χ4n) is 2.08. The highest BCUT2D eigenvalue weighted by molar-refractivity contribution is 9.10. The molecule has 0 aliphatic carbocycles. The molecular weight excluding hydrogens is 338 g/mol. The van der Waals surface area contributed by atoms with Crippen molar-refractivity contribution in [2.24, 2.45) is 0 Å². The van der Waals surface area contributed by atoms with Crippen LogP contribution in [0.15, 0.2) is 47.2 Å². The summed E-state index contributed by atoms with van der Waals surface area (Å²) in [5, 5.41) is 0.438. The molecule has 0 fully saturated rings. The Morgan fingerprint density at radius 3 is 2.55 bits per heavy atom. The molecule has 2 heterocycles. The van der Waals surface area contributed by atoms with E-state index in [9.17, 15) is 0 Å². The number of benzene rings is 1. The van der Waals surface area contributed by atoms with E-state index in [1.807, 2.05) is 43.3 Å². The molecular formula is C15H11BrClN3. The summed E-state index contributed by atoms with van der Waals surface area (Å²) in [6, 6.07) is 12.0. The number of hydrogen-bond donors (Lipinski definition) is 1. The summed E-state index contributed by atoms with van der Waals surface area (Å²) in [5.74, 6) is 0.714. The second-order valence-corrected chi connectivity index (χ2v) is 5.50. The van der Waals surface area contributed by atoms with E-state index in [0.29, 0.717) is 11.0 Å². The minimum atomic E-state index is 0.438. The number of imidazole rings is 1. The lowest BCUT2D eigenvalue weighted by molar-refractivity contribution is 1.23. The Morgan fingerprint density at radius 2 is 1.90 bits per heavy atom. The molecule has 5 heteroatoms. The van der Waals surface area contributed by atoms with Gasteiger partial charge in [-0.15, -0.1) is 0 Å². The van der Waals surface area contributed by atoms with E-state index in [1.165, 1.54) is 0 Å². The van der Waals surface area contributed by atoms with Crippen molar-refractivity contribution < 1.29 is 0 Å². The van der Waals surface area contributed by atoms with Crippen LogP contribution in [0.25, 0.3) is 22.5 Å². The summed E-state index contributed by atoms with van der Waals surface area (Å²) < 4.78 is 0.784. The van der Waals surface area contributed by atoms with Crippen LogP contribution in [-0.2, 0) is 0 Å². The SMILES string of the molecule is Cc1[nH]c(-c2c(-c3ccccc3)ccnc2Cl)nc1Br. The van der Waals surface area contributed by atoms with Gasteiger partial charge in [-0.2, -0.15) is 0 Å². The van der Waals surface area contributed by atoms with Crippen LogP contribution >= 0.6 is 27.5 Å². The Kier molecular flexibility index (Phi) is 3.59. The molecule has 0 spiro atoms. The fraction of sp³-hybridized carbons (Fsp3) is 0.0667. The third-order valence-corrected chi connectivity index (χ3v) is 4.11. The minimum absolute atomic E-state index is 0.438. The van der Waals surface area contributed by atoms with Crippen molar-refractivity contribution in [1.29, 1.82) is 0 Å². The molecule has 2 aromatic heterocycles.